The molecule has 0 bridgehead atoms. The number of hydrogen-bond donors (Lipinski definition) is 2. The first-order chi connectivity index (χ1) is 6.33. The van der Waals surface area contributed by atoms with Crippen molar-refractivity contribution in [3.63, 3.8) is 0 Å². The highest BCUT2D eigenvalue weighted by molar-refractivity contribution is 9.10. The molecule has 0 aromatic carbocycles. The van der Waals surface area contributed by atoms with Crippen LogP contribution in [0.1, 0.15) is 28.2 Å². The maximum absolute atomic E-state index is 8.64. The normalized spacial score (nSPS) is 15.8. The van der Waals surface area contributed by atoms with Gasteiger partial charge in [-0.15, -0.1) is 11.3 Å². The van der Waals surface area contributed by atoms with Gasteiger partial charge in [-0.3, -0.25) is 0 Å². The van der Waals surface area contributed by atoms with Crippen molar-refractivity contribution in [1.29, 1.82) is 0 Å². The topological polar surface area (TPSA) is 32.3 Å². The van der Waals surface area contributed by atoms with Crippen LogP contribution in [0.15, 0.2) is 4.47 Å². The van der Waals surface area contributed by atoms with Gasteiger partial charge in [0.2, 0.25) is 0 Å². The first-order valence-corrected chi connectivity index (χ1v) is 6.09. The Morgan fingerprint density at radius 2 is 2.15 bits per heavy atom. The average Bonchev–Trinajstić information content (AvgIpc) is 2.46. The van der Waals surface area contributed by atoms with E-state index in [9.17, 15) is 0 Å². The van der Waals surface area contributed by atoms with Crippen molar-refractivity contribution in [3.05, 3.63) is 19.8 Å². The summed E-state index contributed by atoms with van der Waals surface area (Å²) >= 11 is 5.41. The molecule has 0 amide bonds. The van der Waals surface area contributed by atoms with E-state index in [-0.39, 0.29) is 0 Å². The summed E-state index contributed by atoms with van der Waals surface area (Å²) in [6.45, 7) is 0.554. The molecule has 0 saturated carbocycles. The Kier molecular flexibility index (Phi) is 3.03. The van der Waals surface area contributed by atoms with Crippen LogP contribution in [0.4, 0.5) is 0 Å². The maximum Gasteiger partial charge on any atom is 0.0563 e. The van der Waals surface area contributed by atoms with Gasteiger partial charge in [-0.25, -0.2) is 5.48 Å². The van der Waals surface area contributed by atoms with Crippen molar-refractivity contribution in [2.45, 2.75) is 32.2 Å². The van der Waals surface area contributed by atoms with E-state index in [2.05, 4.69) is 21.4 Å². The second-order valence-electron chi connectivity index (χ2n) is 3.28. The summed E-state index contributed by atoms with van der Waals surface area (Å²) in [5, 5.41) is 8.64. The van der Waals surface area contributed by atoms with Crippen LogP contribution >= 0.6 is 27.3 Å². The molecule has 2 nitrogen and oxygen atoms in total. The van der Waals surface area contributed by atoms with Gasteiger partial charge < -0.3 is 5.21 Å². The Morgan fingerprint density at radius 1 is 1.38 bits per heavy atom. The molecule has 0 unspecified atom stereocenters. The minimum atomic E-state index is 0.554. The van der Waals surface area contributed by atoms with Gasteiger partial charge in [0.25, 0.3) is 0 Å². The van der Waals surface area contributed by atoms with Gasteiger partial charge in [-0.1, -0.05) is 0 Å². The highest BCUT2D eigenvalue weighted by Crippen LogP contribution is 2.37. The molecule has 72 valence electrons. The zero-order chi connectivity index (χ0) is 9.26. The van der Waals surface area contributed by atoms with E-state index in [0.717, 1.165) is 0 Å². The van der Waals surface area contributed by atoms with Gasteiger partial charge in [0.15, 0.2) is 0 Å². The standard InChI is InChI=1S/C9H12BrNOS/c10-9-6-3-1-2-4-7(6)13-8(9)5-11-12/h11-12H,1-5H2. The Balaban J connectivity index is 2.33. The van der Waals surface area contributed by atoms with Gasteiger partial charge in [0, 0.05) is 14.2 Å². The molecule has 1 aromatic rings. The molecule has 4 heteroatoms. The molecule has 2 N–H and O–H groups in total. The molecule has 1 aliphatic rings. The molecule has 0 atom stereocenters. The first kappa shape index (κ1) is 9.65. The lowest BCUT2D eigenvalue weighted by Gasteiger charge is -2.09. The molecule has 0 spiro atoms. The highest BCUT2D eigenvalue weighted by atomic mass is 79.9. The number of rotatable bonds is 2. The number of aryl methyl sites for hydroxylation is 1. The van der Waals surface area contributed by atoms with Crippen LogP contribution in [0.5, 0.6) is 0 Å². The van der Waals surface area contributed by atoms with Gasteiger partial charge >= 0.3 is 0 Å². The molecule has 1 heterocycles. The average molecular weight is 262 g/mol. The molecule has 0 saturated heterocycles. The van der Waals surface area contributed by atoms with Crippen molar-refractivity contribution >= 4 is 27.3 Å². The van der Waals surface area contributed by atoms with Crippen molar-refractivity contribution in [2.24, 2.45) is 0 Å². The van der Waals surface area contributed by atoms with Crippen LogP contribution in [0.25, 0.3) is 0 Å². The molecule has 1 aliphatic carbocycles. The van der Waals surface area contributed by atoms with E-state index in [4.69, 9.17) is 5.21 Å². The smallest absolute Gasteiger partial charge is 0.0563 e. The van der Waals surface area contributed by atoms with Gasteiger partial charge in [-0.05, 0) is 47.2 Å². The summed E-state index contributed by atoms with van der Waals surface area (Å²) < 4.78 is 1.22. The van der Waals surface area contributed by atoms with Crippen LogP contribution in [0.3, 0.4) is 0 Å². The fourth-order valence-corrected chi connectivity index (χ4v) is 3.94. The van der Waals surface area contributed by atoms with Crippen LogP contribution in [-0.4, -0.2) is 5.21 Å². The number of thiophene rings is 1. The molecule has 0 aliphatic heterocycles. The number of nitrogens with one attached hydrogen (secondary N) is 1. The highest BCUT2D eigenvalue weighted by Gasteiger charge is 2.18. The molecule has 0 fully saturated rings. The zero-order valence-electron chi connectivity index (χ0n) is 7.27. The van der Waals surface area contributed by atoms with Crippen LogP contribution < -0.4 is 5.48 Å². The van der Waals surface area contributed by atoms with Crippen molar-refractivity contribution in [3.8, 4) is 0 Å². The monoisotopic (exact) mass is 261 g/mol. The predicted molar refractivity (Wildman–Crippen MR) is 57.3 cm³/mol. The predicted octanol–water partition coefficient (Wildman–Crippen LogP) is 2.87. The van der Waals surface area contributed by atoms with Crippen molar-refractivity contribution in [1.82, 2.24) is 5.48 Å². The number of halogens is 1. The molecular weight excluding hydrogens is 250 g/mol. The first-order valence-electron chi connectivity index (χ1n) is 4.49. The number of hydrogen-bond acceptors (Lipinski definition) is 3. The van der Waals surface area contributed by atoms with Crippen LogP contribution in [-0.2, 0) is 19.4 Å². The number of fused-ring (bicyclic) bond motifs is 1. The molecule has 13 heavy (non-hydrogen) atoms. The molecular formula is C9H12BrNOS. The summed E-state index contributed by atoms with van der Waals surface area (Å²) in [5.74, 6) is 0. The van der Waals surface area contributed by atoms with E-state index >= 15 is 0 Å². The third kappa shape index (κ3) is 1.81. The molecule has 1 aromatic heterocycles. The maximum atomic E-state index is 8.64. The Labute approximate surface area is 90.1 Å². The van der Waals surface area contributed by atoms with E-state index in [1.165, 1.54) is 45.5 Å². The van der Waals surface area contributed by atoms with E-state index in [0.29, 0.717) is 6.54 Å². The van der Waals surface area contributed by atoms with Gasteiger partial charge in [0.05, 0.1) is 6.54 Å². The largest absolute Gasteiger partial charge is 0.316 e. The Bertz CT molecular complexity index is 311. The second-order valence-corrected chi connectivity index (χ2v) is 5.27. The fraction of sp³-hybridized carbons (Fsp3) is 0.556. The third-order valence-corrected chi connectivity index (χ3v) is 4.92. The minimum absolute atomic E-state index is 0.554. The van der Waals surface area contributed by atoms with E-state index in [1.54, 1.807) is 0 Å². The number of hydroxylamine groups is 1. The summed E-state index contributed by atoms with van der Waals surface area (Å²) in [4.78, 5) is 2.72. The zero-order valence-corrected chi connectivity index (χ0v) is 9.67. The van der Waals surface area contributed by atoms with Crippen molar-refractivity contribution < 1.29 is 5.21 Å². The lowest BCUT2D eigenvalue weighted by atomic mass is 9.99. The molecule has 2 rings (SSSR count). The quantitative estimate of drug-likeness (QED) is 0.803. The summed E-state index contributed by atoms with van der Waals surface area (Å²) in [7, 11) is 0. The summed E-state index contributed by atoms with van der Waals surface area (Å²) in [6, 6.07) is 0. The summed E-state index contributed by atoms with van der Waals surface area (Å²) in [6.07, 6.45) is 5.02. The lowest BCUT2D eigenvalue weighted by molar-refractivity contribution is 0.162. The third-order valence-electron chi connectivity index (χ3n) is 2.41. The van der Waals surface area contributed by atoms with Gasteiger partial charge in [0.1, 0.15) is 0 Å². The van der Waals surface area contributed by atoms with Crippen molar-refractivity contribution in [2.75, 3.05) is 0 Å². The Hall–Kier alpha value is 0.100. The lowest BCUT2D eigenvalue weighted by Crippen LogP contribution is -2.04. The molecule has 0 radical (unpaired) electrons. The van der Waals surface area contributed by atoms with E-state index < -0.39 is 0 Å². The fourth-order valence-electron chi connectivity index (χ4n) is 1.77. The Morgan fingerprint density at radius 3 is 2.85 bits per heavy atom. The summed E-state index contributed by atoms with van der Waals surface area (Å²) in [5.41, 5.74) is 3.69. The minimum Gasteiger partial charge on any atom is -0.316 e. The van der Waals surface area contributed by atoms with Gasteiger partial charge in [-0.2, -0.15) is 0 Å². The van der Waals surface area contributed by atoms with Crippen LogP contribution in [0.2, 0.25) is 0 Å². The second kappa shape index (κ2) is 4.09. The van der Waals surface area contributed by atoms with E-state index in [1.807, 2.05) is 11.3 Å². The van der Waals surface area contributed by atoms with Crippen LogP contribution in [0, 0.1) is 0 Å². The SMILES string of the molecule is ONCc1sc2c(c1Br)CCCC2.